The molecule has 0 bridgehead atoms. The molecule has 0 spiro atoms. The van der Waals surface area contributed by atoms with Gasteiger partial charge in [-0.3, -0.25) is 9.52 Å². The third-order valence-electron chi connectivity index (χ3n) is 6.76. The predicted molar refractivity (Wildman–Crippen MR) is 161 cm³/mol. The lowest BCUT2D eigenvalue weighted by atomic mass is 10.0. The molecule has 9 nitrogen and oxygen atoms in total. The summed E-state index contributed by atoms with van der Waals surface area (Å²) in [5.41, 5.74) is 2.79. The minimum Gasteiger partial charge on any atom is -0.453 e. The molecule has 3 heterocycles. The van der Waals surface area contributed by atoms with Crippen molar-refractivity contribution in [3.8, 4) is 10.6 Å². The molecule has 1 aliphatic rings. The van der Waals surface area contributed by atoms with Crippen LogP contribution in [0.15, 0.2) is 77.7 Å². The summed E-state index contributed by atoms with van der Waals surface area (Å²) in [6.07, 6.45) is 0.124. The van der Waals surface area contributed by atoms with Gasteiger partial charge in [-0.15, -0.1) is 22.7 Å². The van der Waals surface area contributed by atoms with E-state index in [2.05, 4.69) is 10.0 Å². The molecular formula is C29H23FN4O5S3. The molecule has 2 amide bonds. The van der Waals surface area contributed by atoms with Crippen LogP contribution in [-0.4, -0.2) is 44.0 Å². The van der Waals surface area contributed by atoms with Crippen LogP contribution in [0.2, 0.25) is 0 Å². The Hall–Kier alpha value is -4.33. The summed E-state index contributed by atoms with van der Waals surface area (Å²) in [5, 5.41) is 4.27. The highest BCUT2D eigenvalue weighted by molar-refractivity contribution is 7.92. The van der Waals surface area contributed by atoms with Crippen LogP contribution in [0, 0.1) is 5.82 Å². The second kappa shape index (κ2) is 11.2. The molecule has 0 fully saturated rings. The topological polar surface area (TPSA) is 118 Å². The molecule has 0 unspecified atom stereocenters. The zero-order chi connectivity index (χ0) is 29.4. The van der Waals surface area contributed by atoms with E-state index >= 15 is 0 Å². The molecule has 0 radical (unpaired) electrons. The third kappa shape index (κ3) is 5.33. The number of hydrogen-bond acceptors (Lipinski definition) is 8. The van der Waals surface area contributed by atoms with E-state index in [-0.39, 0.29) is 16.1 Å². The minimum atomic E-state index is -4.10. The van der Waals surface area contributed by atoms with E-state index in [1.807, 2.05) is 24.3 Å². The van der Waals surface area contributed by atoms with E-state index in [0.29, 0.717) is 24.5 Å². The number of halogens is 1. The van der Waals surface area contributed by atoms with E-state index in [1.54, 1.807) is 17.0 Å². The predicted octanol–water partition coefficient (Wildman–Crippen LogP) is 6.34. The van der Waals surface area contributed by atoms with Crippen molar-refractivity contribution in [3.05, 3.63) is 94.6 Å². The molecule has 3 aromatic carbocycles. The van der Waals surface area contributed by atoms with E-state index in [0.717, 1.165) is 55.5 Å². The lowest BCUT2D eigenvalue weighted by molar-refractivity contribution is 0.102. The number of thiophene rings is 1. The number of sulfonamides is 1. The van der Waals surface area contributed by atoms with Crippen LogP contribution in [0.3, 0.4) is 0 Å². The fourth-order valence-corrected chi connectivity index (χ4v) is 8.19. The van der Waals surface area contributed by atoms with Crippen LogP contribution in [0.5, 0.6) is 0 Å². The summed E-state index contributed by atoms with van der Waals surface area (Å²) >= 11 is 2.86. The highest BCUT2D eigenvalue weighted by Gasteiger charge is 2.30. The Bertz CT molecular complexity index is 1900. The fraction of sp³-hybridized carbons (Fsp3) is 0.138. The Morgan fingerprint density at radius 1 is 1.00 bits per heavy atom. The third-order valence-corrected chi connectivity index (χ3v) is 10.3. The van der Waals surface area contributed by atoms with Crippen LogP contribution in [0.1, 0.15) is 20.8 Å². The number of anilines is 2. The van der Waals surface area contributed by atoms with E-state index < -0.39 is 27.8 Å². The normalized spacial score (nSPS) is 13.0. The largest absolute Gasteiger partial charge is 0.453 e. The van der Waals surface area contributed by atoms with Gasteiger partial charge < -0.3 is 15.0 Å². The van der Waals surface area contributed by atoms with Gasteiger partial charge in [-0.1, -0.05) is 24.3 Å². The van der Waals surface area contributed by atoms with Crippen LogP contribution in [0.25, 0.3) is 20.8 Å². The lowest BCUT2D eigenvalue weighted by Gasteiger charge is -2.25. The van der Waals surface area contributed by atoms with Crippen LogP contribution in [-0.2, 0) is 27.7 Å². The van der Waals surface area contributed by atoms with Crippen molar-refractivity contribution in [1.82, 2.24) is 9.88 Å². The number of carbonyl (C=O) groups is 2. The second-order valence-electron chi connectivity index (χ2n) is 9.40. The summed E-state index contributed by atoms with van der Waals surface area (Å²) in [6, 6.07) is 18.4. The number of thiazole rings is 1. The number of hydrogen-bond donors (Lipinski definition) is 2. The zero-order valence-electron chi connectivity index (χ0n) is 22.1. The van der Waals surface area contributed by atoms with E-state index in [1.165, 1.54) is 41.9 Å². The average Bonchev–Trinajstić information content (AvgIpc) is 3.57. The highest BCUT2D eigenvalue weighted by atomic mass is 32.2. The molecular weight excluding hydrogens is 600 g/mol. The average molecular weight is 623 g/mol. The number of ether oxygens (including phenoxy) is 1. The van der Waals surface area contributed by atoms with E-state index in [4.69, 9.17) is 9.72 Å². The smallest absolute Gasteiger partial charge is 0.409 e. The molecule has 0 aliphatic carbocycles. The number of nitrogens with one attached hydrogen (secondary N) is 2. The monoisotopic (exact) mass is 622 g/mol. The summed E-state index contributed by atoms with van der Waals surface area (Å²) in [5.74, 6) is -1.09. The molecule has 214 valence electrons. The highest BCUT2D eigenvalue weighted by Crippen LogP contribution is 2.46. The SMILES string of the molecule is COC(=O)N1CCc2c(sc(NC(=O)c3ccccc3NS(=O)(=O)c3ccc(F)cc3)c2-c2nc3ccccc3s2)C1. The summed E-state index contributed by atoms with van der Waals surface area (Å²) in [6.45, 7) is 0.782. The Labute approximate surface area is 248 Å². The van der Waals surface area contributed by atoms with Crippen molar-refractivity contribution in [2.24, 2.45) is 0 Å². The summed E-state index contributed by atoms with van der Waals surface area (Å²) in [4.78, 5) is 33.1. The molecule has 6 rings (SSSR count). The van der Waals surface area contributed by atoms with Crippen molar-refractivity contribution in [1.29, 1.82) is 0 Å². The first-order valence-corrected chi connectivity index (χ1v) is 15.9. The minimum absolute atomic E-state index is 0.0686. The fourth-order valence-electron chi connectivity index (χ4n) is 4.74. The number of rotatable bonds is 6. The molecule has 2 N–H and O–H groups in total. The van der Waals surface area contributed by atoms with Gasteiger partial charge in [0.2, 0.25) is 0 Å². The first kappa shape index (κ1) is 27.8. The number of fused-ring (bicyclic) bond motifs is 2. The second-order valence-corrected chi connectivity index (χ2v) is 13.2. The van der Waals surface area contributed by atoms with Crippen molar-refractivity contribution in [2.45, 2.75) is 17.9 Å². The molecule has 0 saturated heterocycles. The number of benzene rings is 3. The van der Waals surface area contributed by atoms with Gasteiger partial charge in [0.05, 0.1) is 40.0 Å². The number of aromatic nitrogens is 1. The number of methoxy groups -OCH3 is 1. The van der Waals surface area contributed by atoms with Gasteiger partial charge >= 0.3 is 6.09 Å². The molecule has 0 saturated carbocycles. The van der Waals surface area contributed by atoms with Crippen molar-refractivity contribution in [2.75, 3.05) is 23.7 Å². The van der Waals surface area contributed by atoms with Crippen molar-refractivity contribution < 1.29 is 27.1 Å². The number of amides is 2. The zero-order valence-corrected chi connectivity index (χ0v) is 24.5. The maximum absolute atomic E-state index is 13.7. The summed E-state index contributed by atoms with van der Waals surface area (Å²) in [7, 11) is -2.76. The Morgan fingerprint density at radius 2 is 1.74 bits per heavy atom. The van der Waals surface area contributed by atoms with Crippen molar-refractivity contribution in [3.63, 3.8) is 0 Å². The molecule has 13 heteroatoms. The van der Waals surface area contributed by atoms with Gasteiger partial charge in [-0.25, -0.2) is 22.6 Å². The molecule has 42 heavy (non-hydrogen) atoms. The Morgan fingerprint density at radius 3 is 2.50 bits per heavy atom. The van der Waals surface area contributed by atoms with Gasteiger partial charge in [0, 0.05) is 17.0 Å². The van der Waals surface area contributed by atoms with Gasteiger partial charge in [-0.05, 0) is 60.5 Å². The maximum atomic E-state index is 13.7. The molecule has 0 atom stereocenters. The van der Waals surface area contributed by atoms with Crippen LogP contribution < -0.4 is 10.0 Å². The number of nitrogens with zero attached hydrogens (tertiary/aromatic N) is 2. The molecule has 2 aromatic heterocycles. The maximum Gasteiger partial charge on any atom is 0.409 e. The molecule has 1 aliphatic heterocycles. The van der Waals surface area contributed by atoms with Crippen LogP contribution >= 0.6 is 22.7 Å². The first-order chi connectivity index (χ1) is 20.2. The van der Waals surface area contributed by atoms with Gasteiger partial charge in [-0.2, -0.15) is 0 Å². The molecule has 5 aromatic rings. The quantitative estimate of drug-likeness (QED) is 0.228. The van der Waals surface area contributed by atoms with Crippen LogP contribution in [0.4, 0.5) is 19.9 Å². The van der Waals surface area contributed by atoms with E-state index in [9.17, 15) is 22.4 Å². The Balaban J connectivity index is 1.36. The number of para-hydroxylation sites is 2. The van der Waals surface area contributed by atoms with Gasteiger partial charge in [0.25, 0.3) is 15.9 Å². The Kier molecular flexibility index (Phi) is 7.39. The lowest BCUT2D eigenvalue weighted by Crippen LogP contribution is -2.35. The number of carbonyl (C=O) groups excluding carboxylic acids is 2. The van der Waals surface area contributed by atoms with Crippen molar-refractivity contribution >= 4 is 65.6 Å². The van der Waals surface area contributed by atoms with Gasteiger partial charge in [0.1, 0.15) is 15.8 Å². The van der Waals surface area contributed by atoms with Gasteiger partial charge in [0.15, 0.2) is 0 Å². The standard InChI is InChI=1S/C29H23FN4O5S3/c1-39-29(36)34-15-14-20-24(16-34)41-28(25(20)27-31-22-8-4-5-9-23(22)40-27)32-26(35)19-6-2-3-7-21(19)33-42(37,38)18-12-10-17(30)11-13-18/h2-13,33H,14-16H2,1H3,(H,32,35). The first-order valence-electron chi connectivity index (χ1n) is 12.8. The summed E-state index contributed by atoms with van der Waals surface area (Å²) < 4.78 is 47.7.